The molecule has 2 fully saturated rings. The molecule has 1 atom stereocenters. The lowest BCUT2D eigenvalue weighted by atomic mass is 10.0. The van der Waals surface area contributed by atoms with Gasteiger partial charge in [-0.2, -0.15) is 0 Å². The molecular formula is C28H31FN6O. The number of anilines is 2. The third-order valence-corrected chi connectivity index (χ3v) is 7.42. The maximum Gasteiger partial charge on any atom is 0.137 e. The summed E-state index contributed by atoms with van der Waals surface area (Å²) in [6, 6.07) is 17.4. The Hall–Kier alpha value is -3.49. The molecule has 0 aliphatic carbocycles. The van der Waals surface area contributed by atoms with Crippen LogP contribution < -0.4 is 9.80 Å². The lowest BCUT2D eigenvalue weighted by Gasteiger charge is -2.35. The summed E-state index contributed by atoms with van der Waals surface area (Å²) in [5, 5.41) is 9.21. The molecular weight excluding hydrogens is 455 g/mol. The Labute approximate surface area is 210 Å². The third-order valence-electron chi connectivity index (χ3n) is 7.42. The van der Waals surface area contributed by atoms with Crippen LogP contribution in [0.25, 0.3) is 17.0 Å². The number of rotatable bonds is 6. The van der Waals surface area contributed by atoms with E-state index in [-0.39, 0.29) is 18.5 Å². The largest absolute Gasteiger partial charge is 0.395 e. The molecule has 0 radical (unpaired) electrons. The van der Waals surface area contributed by atoms with Gasteiger partial charge in [0.25, 0.3) is 0 Å². The Balaban J connectivity index is 1.29. The minimum atomic E-state index is -0.188. The van der Waals surface area contributed by atoms with Crippen LogP contribution in [0.2, 0.25) is 0 Å². The standard InChI is InChI=1S/C28H31FN6O/c29-22-5-1-4-21(18-22)25-7-3-11-34(25)23-9-10-27-30-19-26(35(27)20-23)24-6-2-8-28(31-24)33-14-12-32(13-15-33)16-17-36/h1-2,4-6,8-10,18-20,25,36H,3,7,11-17H2/t25-/m1/s1. The number of aliphatic hydroxyl groups excluding tert-OH is 1. The normalized spacial score (nSPS) is 18.9. The molecule has 0 bridgehead atoms. The smallest absolute Gasteiger partial charge is 0.137 e. The van der Waals surface area contributed by atoms with Crippen LogP contribution in [-0.4, -0.2) is 70.3 Å². The van der Waals surface area contributed by atoms with Gasteiger partial charge in [0.05, 0.1) is 35.9 Å². The zero-order valence-electron chi connectivity index (χ0n) is 20.3. The molecule has 0 spiro atoms. The minimum Gasteiger partial charge on any atom is -0.395 e. The summed E-state index contributed by atoms with van der Waals surface area (Å²) in [4.78, 5) is 16.6. The van der Waals surface area contributed by atoms with Crippen molar-refractivity contribution in [2.75, 3.05) is 55.7 Å². The van der Waals surface area contributed by atoms with Gasteiger partial charge in [0.15, 0.2) is 0 Å². The van der Waals surface area contributed by atoms with Crippen LogP contribution in [0.3, 0.4) is 0 Å². The molecule has 0 saturated carbocycles. The van der Waals surface area contributed by atoms with Gasteiger partial charge in [-0.05, 0) is 54.8 Å². The zero-order chi connectivity index (χ0) is 24.5. The molecule has 3 aromatic heterocycles. The van der Waals surface area contributed by atoms with Gasteiger partial charge in [0.2, 0.25) is 0 Å². The summed E-state index contributed by atoms with van der Waals surface area (Å²) in [6.45, 7) is 5.50. The van der Waals surface area contributed by atoms with Crippen molar-refractivity contribution in [3.8, 4) is 11.4 Å². The second-order valence-electron chi connectivity index (χ2n) is 9.60. The van der Waals surface area contributed by atoms with Crippen molar-refractivity contribution in [3.05, 3.63) is 78.4 Å². The number of hydrogen-bond donors (Lipinski definition) is 1. The van der Waals surface area contributed by atoms with Gasteiger partial charge in [-0.15, -0.1) is 0 Å². The van der Waals surface area contributed by atoms with E-state index in [0.29, 0.717) is 0 Å². The first kappa shape index (κ1) is 22.9. The van der Waals surface area contributed by atoms with E-state index in [1.54, 1.807) is 12.1 Å². The monoisotopic (exact) mass is 486 g/mol. The first-order chi connectivity index (χ1) is 17.7. The Bertz CT molecular complexity index is 1350. The summed E-state index contributed by atoms with van der Waals surface area (Å²) in [5.74, 6) is 0.778. The fourth-order valence-corrected chi connectivity index (χ4v) is 5.55. The second kappa shape index (κ2) is 9.87. The molecule has 1 aromatic carbocycles. The molecule has 1 N–H and O–H groups in total. The molecule has 0 unspecified atom stereocenters. The van der Waals surface area contributed by atoms with E-state index in [4.69, 9.17) is 4.98 Å². The maximum absolute atomic E-state index is 13.9. The van der Waals surface area contributed by atoms with Gasteiger partial charge in [0, 0.05) is 45.5 Å². The van der Waals surface area contributed by atoms with Crippen LogP contribution in [0.15, 0.2) is 67.0 Å². The predicted octanol–water partition coefficient (Wildman–Crippen LogP) is 3.99. The van der Waals surface area contributed by atoms with Crippen molar-refractivity contribution < 1.29 is 9.50 Å². The summed E-state index contributed by atoms with van der Waals surface area (Å²) in [5.41, 5.74) is 4.84. The van der Waals surface area contributed by atoms with Gasteiger partial charge < -0.3 is 14.9 Å². The maximum atomic E-state index is 13.9. The number of pyridine rings is 2. The highest BCUT2D eigenvalue weighted by Gasteiger charge is 2.27. The lowest BCUT2D eigenvalue weighted by Crippen LogP contribution is -2.47. The van der Waals surface area contributed by atoms with Crippen molar-refractivity contribution in [2.45, 2.75) is 18.9 Å². The number of piperazine rings is 1. The SMILES string of the molecule is OCCN1CCN(c2cccc(-c3cnc4ccc(N5CCC[C@@H]5c5cccc(F)c5)cn34)n2)CC1. The number of β-amino-alcohol motifs (C(OH)–C–C–N with tert-alkyl or cyclic N) is 1. The minimum absolute atomic E-state index is 0.163. The second-order valence-corrected chi connectivity index (χ2v) is 9.60. The number of fused-ring (bicyclic) bond motifs is 1. The topological polar surface area (TPSA) is 60.1 Å². The quantitative estimate of drug-likeness (QED) is 0.445. The Kier molecular flexibility index (Phi) is 6.29. The van der Waals surface area contributed by atoms with E-state index in [1.807, 2.05) is 24.4 Å². The van der Waals surface area contributed by atoms with Crippen molar-refractivity contribution >= 4 is 17.2 Å². The summed E-state index contributed by atoms with van der Waals surface area (Å²) in [6.07, 6.45) is 6.11. The van der Waals surface area contributed by atoms with Crippen LogP contribution in [-0.2, 0) is 0 Å². The third kappa shape index (κ3) is 4.42. The highest BCUT2D eigenvalue weighted by molar-refractivity contribution is 5.65. The number of halogens is 1. The average molecular weight is 487 g/mol. The molecule has 2 aliphatic rings. The van der Waals surface area contributed by atoms with Crippen molar-refractivity contribution in [1.82, 2.24) is 19.3 Å². The lowest BCUT2D eigenvalue weighted by molar-refractivity contribution is 0.188. The first-order valence-corrected chi connectivity index (χ1v) is 12.7. The zero-order valence-corrected chi connectivity index (χ0v) is 20.3. The highest BCUT2D eigenvalue weighted by atomic mass is 19.1. The fourth-order valence-electron chi connectivity index (χ4n) is 5.55. The number of imidazole rings is 1. The summed E-state index contributed by atoms with van der Waals surface area (Å²) < 4.78 is 16.0. The van der Waals surface area contributed by atoms with Crippen molar-refractivity contribution in [2.24, 2.45) is 0 Å². The summed E-state index contributed by atoms with van der Waals surface area (Å²) in [7, 11) is 0. The number of aliphatic hydroxyl groups is 1. The van der Waals surface area contributed by atoms with E-state index in [9.17, 15) is 9.50 Å². The first-order valence-electron chi connectivity index (χ1n) is 12.7. The van der Waals surface area contributed by atoms with Gasteiger partial charge in [0.1, 0.15) is 17.3 Å². The van der Waals surface area contributed by atoms with Gasteiger partial charge in [-0.25, -0.2) is 14.4 Å². The molecule has 36 heavy (non-hydrogen) atoms. The van der Waals surface area contributed by atoms with Crippen molar-refractivity contribution in [1.29, 1.82) is 0 Å². The molecule has 8 heteroatoms. The molecule has 0 amide bonds. The molecule has 4 aromatic rings. The summed E-state index contributed by atoms with van der Waals surface area (Å²) >= 11 is 0. The van der Waals surface area contributed by atoms with Gasteiger partial charge in [-0.1, -0.05) is 18.2 Å². The molecule has 2 aliphatic heterocycles. The van der Waals surface area contributed by atoms with Gasteiger partial charge >= 0.3 is 0 Å². The Morgan fingerprint density at radius 3 is 2.67 bits per heavy atom. The number of benzene rings is 1. The number of hydrogen-bond acceptors (Lipinski definition) is 6. The van der Waals surface area contributed by atoms with Crippen LogP contribution >= 0.6 is 0 Å². The molecule has 186 valence electrons. The Morgan fingerprint density at radius 2 is 1.83 bits per heavy atom. The fraction of sp³-hybridized carbons (Fsp3) is 0.357. The molecule has 7 nitrogen and oxygen atoms in total. The highest BCUT2D eigenvalue weighted by Crippen LogP contribution is 2.37. The van der Waals surface area contributed by atoms with Crippen molar-refractivity contribution in [3.63, 3.8) is 0 Å². The van der Waals surface area contributed by atoms with Gasteiger partial charge in [-0.3, -0.25) is 9.30 Å². The van der Waals surface area contributed by atoms with E-state index < -0.39 is 0 Å². The Morgan fingerprint density at radius 1 is 0.972 bits per heavy atom. The predicted molar refractivity (Wildman–Crippen MR) is 140 cm³/mol. The molecule has 5 heterocycles. The van der Waals surface area contributed by atoms with E-state index in [1.165, 1.54) is 6.07 Å². The van der Waals surface area contributed by atoms with E-state index in [2.05, 4.69) is 48.5 Å². The van der Waals surface area contributed by atoms with E-state index in [0.717, 1.165) is 86.2 Å². The van der Waals surface area contributed by atoms with Crippen LogP contribution in [0.5, 0.6) is 0 Å². The van der Waals surface area contributed by atoms with E-state index >= 15 is 0 Å². The molecule has 6 rings (SSSR count). The van der Waals surface area contributed by atoms with Crippen LogP contribution in [0.4, 0.5) is 15.9 Å². The molecule has 2 saturated heterocycles. The number of nitrogens with zero attached hydrogens (tertiary/aromatic N) is 6. The van der Waals surface area contributed by atoms with Crippen LogP contribution in [0, 0.1) is 5.82 Å². The average Bonchev–Trinajstić information content (AvgIpc) is 3.57. The van der Waals surface area contributed by atoms with Crippen LogP contribution in [0.1, 0.15) is 24.4 Å². The number of aromatic nitrogens is 3.